The Kier molecular flexibility index (Phi) is 4.91. The Morgan fingerprint density at radius 3 is 2.54 bits per heavy atom. The third kappa shape index (κ3) is 3.46. The molecule has 0 aliphatic rings. The van der Waals surface area contributed by atoms with E-state index in [4.69, 9.17) is 9.57 Å². The van der Waals surface area contributed by atoms with Crippen LogP contribution in [0, 0.1) is 0 Å². The Balaban J connectivity index is 1.92. The number of hydrogen-bond donors (Lipinski definition) is 0. The van der Waals surface area contributed by atoms with Crippen molar-refractivity contribution >= 4 is 5.71 Å². The van der Waals surface area contributed by atoms with Crippen LogP contribution in [0.25, 0.3) is 0 Å². The lowest BCUT2D eigenvalue weighted by Gasteiger charge is -2.12. The lowest BCUT2D eigenvalue weighted by Crippen LogP contribution is -2.14. The van der Waals surface area contributed by atoms with Gasteiger partial charge in [0.05, 0.1) is 0 Å². The fourth-order valence-corrected chi connectivity index (χ4v) is 2.45. The van der Waals surface area contributed by atoms with Gasteiger partial charge in [0, 0.05) is 25.0 Å². The number of nitrogens with zero attached hydrogens (tertiary/aromatic N) is 3. The second-order valence-corrected chi connectivity index (χ2v) is 5.24. The molecule has 5 nitrogen and oxygen atoms in total. The number of aromatic nitrogens is 2. The maximum Gasteiger partial charge on any atom is 0.162 e. The van der Waals surface area contributed by atoms with Crippen LogP contribution in [0.15, 0.2) is 72.1 Å². The van der Waals surface area contributed by atoms with Crippen LogP contribution in [0.5, 0.6) is 5.75 Å². The summed E-state index contributed by atoms with van der Waals surface area (Å²) in [5.41, 5.74) is 2.63. The minimum Gasteiger partial charge on any atom is -0.489 e. The highest BCUT2D eigenvalue weighted by atomic mass is 16.6. The first kappa shape index (κ1) is 15.8. The zero-order valence-corrected chi connectivity index (χ0v) is 13.7. The van der Waals surface area contributed by atoms with Crippen LogP contribution in [-0.4, -0.2) is 22.4 Å². The summed E-state index contributed by atoms with van der Waals surface area (Å²) < 4.78 is 7.79. The molecule has 0 spiro atoms. The molecule has 0 amide bonds. The SMILES string of the molecule is CO/N=C(\c1ccccc1COc1ccccc1)c1nccn1C. The van der Waals surface area contributed by atoms with Gasteiger partial charge in [0.1, 0.15) is 19.5 Å². The molecule has 0 unspecified atom stereocenters. The van der Waals surface area contributed by atoms with Crippen LogP contribution >= 0.6 is 0 Å². The van der Waals surface area contributed by atoms with E-state index in [1.165, 1.54) is 7.11 Å². The van der Waals surface area contributed by atoms with Crippen molar-refractivity contribution < 1.29 is 9.57 Å². The summed E-state index contributed by atoms with van der Waals surface area (Å²) in [4.78, 5) is 9.43. The highest BCUT2D eigenvalue weighted by Gasteiger charge is 2.16. The zero-order valence-electron chi connectivity index (χ0n) is 13.7. The fourth-order valence-electron chi connectivity index (χ4n) is 2.45. The van der Waals surface area contributed by atoms with Gasteiger partial charge in [-0.25, -0.2) is 4.98 Å². The standard InChI is InChI=1S/C19H19N3O2/c1-22-13-12-20-19(22)18(21-23-2)17-11-7-6-8-15(17)14-24-16-9-4-3-5-10-16/h3-13H,14H2,1-2H3/b21-18+. The van der Waals surface area contributed by atoms with Crippen LogP contribution in [0.2, 0.25) is 0 Å². The van der Waals surface area contributed by atoms with Crippen LogP contribution in [0.4, 0.5) is 0 Å². The Bertz CT molecular complexity index is 825. The molecule has 0 N–H and O–H groups in total. The van der Waals surface area contributed by atoms with E-state index in [1.54, 1.807) is 6.20 Å². The number of imidazole rings is 1. The van der Waals surface area contributed by atoms with E-state index in [2.05, 4.69) is 10.1 Å². The summed E-state index contributed by atoms with van der Waals surface area (Å²) in [6, 6.07) is 17.7. The molecule has 0 fully saturated rings. The van der Waals surface area contributed by atoms with E-state index in [1.807, 2.05) is 72.4 Å². The first-order chi connectivity index (χ1) is 11.8. The number of aryl methyl sites for hydroxylation is 1. The molecule has 1 aromatic heterocycles. The van der Waals surface area contributed by atoms with Gasteiger partial charge in [0.15, 0.2) is 11.5 Å². The minimum absolute atomic E-state index is 0.438. The van der Waals surface area contributed by atoms with Gasteiger partial charge < -0.3 is 14.1 Å². The Hall–Kier alpha value is -3.08. The van der Waals surface area contributed by atoms with Gasteiger partial charge in [-0.2, -0.15) is 0 Å². The molecule has 1 heterocycles. The van der Waals surface area contributed by atoms with Gasteiger partial charge in [0.25, 0.3) is 0 Å². The summed E-state index contributed by atoms with van der Waals surface area (Å²) >= 11 is 0. The molecule has 0 saturated carbocycles. The topological polar surface area (TPSA) is 48.6 Å². The summed E-state index contributed by atoms with van der Waals surface area (Å²) in [5.74, 6) is 1.57. The normalized spacial score (nSPS) is 11.3. The fraction of sp³-hybridized carbons (Fsp3) is 0.158. The van der Waals surface area contributed by atoms with Crippen LogP contribution in [0.3, 0.4) is 0 Å². The number of oxime groups is 1. The van der Waals surface area contributed by atoms with E-state index in [-0.39, 0.29) is 0 Å². The van der Waals surface area contributed by atoms with Crippen molar-refractivity contribution in [2.75, 3.05) is 7.11 Å². The summed E-state index contributed by atoms with van der Waals surface area (Å²) in [7, 11) is 3.46. The lowest BCUT2D eigenvalue weighted by molar-refractivity contribution is 0.213. The van der Waals surface area contributed by atoms with Crippen molar-refractivity contribution in [2.45, 2.75) is 6.61 Å². The summed E-state index contributed by atoms with van der Waals surface area (Å²) in [6.45, 7) is 0.438. The predicted molar refractivity (Wildman–Crippen MR) is 93.1 cm³/mol. The summed E-state index contributed by atoms with van der Waals surface area (Å²) in [5, 5.41) is 4.19. The molecule has 24 heavy (non-hydrogen) atoms. The Morgan fingerprint density at radius 1 is 1.08 bits per heavy atom. The van der Waals surface area contributed by atoms with E-state index in [0.29, 0.717) is 12.3 Å². The van der Waals surface area contributed by atoms with Gasteiger partial charge in [-0.1, -0.05) is 47.6 Å². The molecule has 0 radical (unpaired) electrons. The van der Waals surface area contributed by atoms with E-state index in [0.717, 1.165) is 22.7 Å². The molecule has 2 aromatic carbocycles. The molecule has 0 atom stereocenters. The molecule has 0 aliphatic heterocycles. The monoisotopic (exact) mass is 321 g/mol. The van der Waals surface area contributed by atoms with E-state index < -0.39 is 0 Å². The number of hydrogen-bond acceptors (Lipinski definition) is 4. The molecule has 0 saturated heterocycles. The third-order valence-electron chi connectivity index (χ3n) is 3.63. The van der Waals surface area contributed by atoms with Crippen molar-refractivity contribution in [3.05, 3.63) is 83.9 Å². The van der Waals surface area contributed by atoms with Crippen molar-refractivity contribution in [3.63, 3.8) is 0 Å². The number of ether oxygens (including phenoxy) is 1. The quantitative estimate of drug-likeness (QED) is 0.516. The predicted octanol–water partition coefficient (Wildman–Crippen LogP) is 3.40. The van der Waals surface area contributed by atoms with Gasteiger partial charge in [0.2, 0.25) is 0 Å². The van der Waals surface area contributed by atoms with Crippen molar-refractivity contribution in [2.24, 2.45) is 12.2 Å². The van der Waals surface area contributed by atoms with Gasteiger partial charge in [-0.15, -0.1) is 0 Å². The zero-order chi connectivity index (χ0) is 16.8. The van der Waals surface area contributed by atoms with Crippen LogP contribution in [0.1, 0.15) is 17.0 Å². The average molecular weight is 321 g/mol. The van der Waals surface area contributed by atoms with E-state index in [9.17, 15) is 0 Å². The van der Waals surface area contributed by atoms with Crippen molar-refractivity contribution in [3.8, 4) is 5.75 Å². The van der Waals surface area contributed by atoms with Crippen molar-refractivity contribution in [1.82, 2.24) is 9.55 Å². The number of para-hydroxylation sites is 1. The molecule has 3 aromatic rings. The van der Waals surface area contributed by atoms with Gasteiger partial charge in [-0.05, 0) is 17.7 Å². The summed E-state index contributed by atoms with van der Waals surface area (Å²) in [6.07, 6.45) is 3.62. The lowest BCUT2D eigenvalue weighted by atomic mass is 10.0. The second kappa shape index (κ2) is 7.46. The largest absolute Gasteiger partial charge is 0.489 e. The number of rotatable bonds is 6. The molecule has 0 aliphatic carbocycles. The Labute approximate surface area is 141 Å². The maximum atomic E-state index is 5.89. The smallest absolute Gasteiger partial charge is 0.162 e. The van der Waals surface area contributed by atoms with Crippen LogP contribution in [-0.2, 0) is 18.5 Å². The second-order valence-electron chi connectivity index (χ2n) is 5.24. The van der Waals surface area contributed by atoms with Crippen LogP contribution < -0.4 is 4.74 Å². The molecule has 5 heteroatoms. The molecule has 122 valence electrons. The first-order valence-corrected chi connectivity index (χ1v) is 7.64. The molecular formula is C19H19N3O2. The molecular weight excluding hydrogens is 302 g/mol. The van der Waals surface area contributed by atoms with Crippen molar-refractivity contribution in [1.29, 1.82) is 0 Å². The van der Waals surface area contributed by atoms with E-state index >= 15 is 0 Å². The first-order valence-electron chi connectivity index (χ1n) is 7.64. The average Bonchev–Trinajstić information content (AvgIpc) is 3.05. The minimum atomic E-state index is 0.438. The maximum absolute atomic E-state index is 5.89. The van der Waals surface area contributed by atoms with Gasteiger partial charge >= 0.3 is 0 Å². The number of benzene rings is 2. The Morgan fingerprint density at radius 2 is 1.83 bits per heavy atom. The van der Waals surface area contributed by atoms with Gasteiger partial charge in [-0.3, -0.25) is 0 Å². The highest BCUT2D eigenvalue weighted by molar-refractivity contribution is 6.11. The molecule has 3 rings (SSSR count). The third-order valence-corrected chi connectivity index (χ3v) is 3.63. The molecule has 0 bridgehead atoms. The highest BCUT2D eigenvalue weighted by Crippen LogP contribution is 2.18.